The highest BCUT2D eigenvalue weighted by Gasteiger charge is 2.10. The summed E-state index contributed by atoms with van der Waals surface area (Å²) in [6.45, 7) is 4.02. The van der Waals surface area contributed by atoms with Crippen LogP contribution in [0, 0.1) is 0 Å². The summed E-state index contributed by atoms with van der Waals surface area (Å²) in [4.78, 5) is 11.0. The van der Waals surface area contributed by atoms with Crippen molar-refractivity contribution in [2.45, 2.75) is 6.54 Å². The van der Waals surface area contributed by atoms with Crippen LogP contribution >= 0.6 is 15.9 Å². The largest absolute Gasteiger partial charge is 0.506 e. The van der Waals surface area contributed by atoms with Crippen molar-refractivity contribution in [3.63, 3.8) is 0 Å². The number of aliphatic hydroxyl groups excluding tert-OH is 1. The van der Waals surface area contributed by atoms with Crippen LogP contribution in [0.2, 0.25) is 0 Å². The Bertz CT molecular complexity index is 584. The Labute approximate surface area is 114 Å². The molecule has 0 atom stereocenters. The molecular formula is C14H12BrNO2. The van der Waals surface area contributed by atoms with E-state index < -0.39 is 0 Å². The molecule has 0 spiro atoms. The lowest BCUT2D eigenvalue weighted by atomic mass is 10.2. The highest BCUT2D eigenvalue weighted by Crippen LogP contribution is 2.18. The van der Waals surface area contributed by atoms with Crippen LogP contribution in [-0.4, -0.2) is 16.0 Å². The molecule has 0 aliphatic carbocycles. The number of nitrogens with zero attached hydrogens (tertiary/aromatic N) is 1. The molecule has 1 aromatic heterocycles. The standard InChI is InChI=1S/C14H12BrNO2/c1-10(18)14-7-6-13(9-17)16(14)8-11-2-4-12(15)5-3-11/h2-7,9,18H,1,8H2. The third kappa shape index (κ3) is 2.54. The molecule has 92 valence electrons. The van der Waals surface area contributed by atoms with Crippen molar-refractivity contribution in [3.8, 4) is 0 Å². The van der Waals surface area contributed by atoms with Gasteiger partial charge in [0.15, 0.2) is 6.29 Å². The third-order valence-electron chi connectivity index (χ3n) is 2.68. The fraction of sp³-hybridized carbons (Fsp3) is 0.0714. The average molecular weight is 306 g/mol. The van der Waals surface area contributed by atoms with Crippen molar-refractivity contribution < 1.29 is 9.90 Å². The number of aliphatic hydroxyl groups is 1. The molecule has 0 radical (unpaired) electrons. The van der Waals surface area contributed by atoms with Gasteiger partial charge in [-0.05, 0) is 29.8 Å². The second kappa shape index (κ2) is 5.23. The monoisotopic (exact) mass is 305 g/mol. The van der Waals surface area contributed by atoms with E-state index in [2.05, 4.69) is 22.5 Å². The number of hydrogen-bond donors (Lipinski definition) is 1. The van der Waals surface area contributed by atoms with E-state index in [4.69, 9.17) is 0 Å². The third-order valence-corrected chi connectivity index (χ3v) is 3.21. The van der Waals surface area contributed by atoms with Gasteiger partial charge in [0, 0.05) is 11.0 Å². The Morgan fingerprint density at radius 2 is 1.94 bits per heavy atom. The summed E-state index contributed by atoms with van der Waals surface area (Å²) in [5.74, 6) is -0.0415. The minimum atomic E-state index is -0.0415. The lowest BCUT2D eigenvalue weighted by Gasteiger charge is -2.10. The summed E-state index contributed by atoms with van der Waals surface area (Å²) in [5.41, 5.74) is 2.11. The molecule has 1 heterocycles. The lowest BCUT2D eigenvalue weighted by molar-refractivity contribution is 0.111. The molecular weight excluding hydrogens is 294 g/mol. The topological polar surface area (TPSA) is 42.2 Å². The number of halogens is 1. The maximum atomic E-state index is 11.0. The number of aldehydes is 1. The van der Waals surface area contributed by atoms with Gasteiger partial charge in [-0.3, -0.25) is 4.79 Å². The van der Waals surface area contributed by atoms with E-state index in [0.29, 0.717) is 17.9 Å². The summed E-state index contributed by atoms with van der Waals surface area (Å²) in [5, 5.41) is 9.50. The van der Waals surface area contributed by atoms with Crippen LogP contribution in [0.25, 0.3) is 5.76 Å². The fourth-order valence-corrected chi connectivity index (χ4v) is 2.05. The van der Waals surface area contributed by atoms with Gasteiger partial charge < -0.3 is 9.67 Å². The maximum absolute atomic E-state index is 11.0. The number of carbonyl (C=O) groups is 1. The van der Waals surface area contributed by atoms with Crippen LogP contribution in [0.4, 0.5) is 0 Å². The van der Waals surface area contributed by atoms with Crippen LogP contribution in [0.1, 0.15) is 21.7 Å². The second-order valence-electron chi connectivity index (χ2n) is 3.92. The SMILES string of the molecule is C=C(O)c1ccc(C=O)n1Cc1ccc(Br)cc1. The minimum Gasteiger partial charge on any atom is -0.506 e. The highest BCUT2D eigenvalue weighted by atomic mass is 79.9. The van der Waals surface area contributed by atoms with Gasteiger partial charge in [-0.25, -0.2) is 0 Å². The van der Waals surface area contributed by atoms with Gasteiger partial charge in [0.1, 0.15) is 5.76 Å². The van der Waals surface area contributed by atoms with E-state index >= 15 is 0 Å². The predicted molar refractivity (Wildman–Crippen MR) is 74.7 cm³/mol. The first-order valence-electron chi connectivity index (χ1n) is 5.39. The number of hydrogen-bond acceptors (Lipinski definition) is 2. The van der Waals surface area contributed by atoms with E-state index in [1.165, 1.54) is 0 Å². The molecule has 0 bridgehead atoms. The Morgan fingerprint density at radius 1 is 1.28 bits per heavy atom. The van der Waals surface area contributed by atoms with Crippen LogP contribution in [0.15, 0.2) is 47.4 Å². The zero-order valence-corrected chi connectivity index (χ0v) is 11.2. The summed E-state index contributed by atoms with van der Waals surface area (Å²) in [6.07, 6.45) is 0.769. The first-order valence-corrected chi connectivity index (χ1v) is 6.18. The molecule has 3 nitrogen and oxygen atoms in total. The average Bonchev–Trinajstić information content (AvgIpc) is 2.75. The van der Waals surface area contributed by atoms with Gasteiger partial charge >= 0.3 is 0 Å². The molecule has 4 heteroatoms. The van der Waals surface area contributed by atoms with Crippen LogP contribution in [0.3, 0.4) is 0 Å². The normalized spacial score (nSPS) is 10.3. The molecule has 0 amide bonds. The second-order valence-corrected chi connectivity index (χ2v) is 4.84. The summed E-state index contributed by atoms with van der Waals surface area (Å²) < 4.78 is 2.74. The fourth-order valence-electron chi connectivity index (χ4n) is 1.79. The van der Waals surface area contributed by atoms with Gasteiger partial charge in [0.2, 0.25) is 0 Å². The maximum Gasteiger partial charge on any atom is 0.166 e. The number of benzene rings is 1. The van der Waals surface area contributed by atoms with E-state index in [1.54, 1.807) is 16.7 Å². The Kier molecular flexibility index (Phi) is 3.67. The van der Waals surface area contributed by atoms with Crippen molar-refractivity contribution >= 4 is 28.0 Å². The van der Waals surface area contributed by atoms with Crippen molar-refractivity contribution in [1.82, 2.24) is 4.57 Å². The Hall–Kier alpha value is -1.81. The van der Waals surface area contributed by atoms with Crippen LogP contribution < -0.4 is 0 Å². The van der Waals surface area contributed by atoms with E-state index in [-0.39, 0.29) is 5.76 Å². The number of carbonyl (C=O) groups excluding carboxylic acids is 1. The van der Waals surface area contributed by atoms with E-state index in [9.17, 15) is 9.90 Å². The molecule has 18 heavy (non-hydrogen) atoms. The molecule has 0 saturated carbocycles. The summed E-state index contributed by atoms with van der Waals surface area (Å²) in [6, 6.07) is 11.2. The molecule has 0 aliphatic rings. The zero-order valence-electron chi connectivity index (χ0n) is 9.64. The van der Waals surface area contributed by atoms with Crippen molar-refractivity contribution in [2.75, 3.05) is 0 Å². The number of aromatic nitrogens is 1. The zero-order chi connectivity index (χ0) is 13.1. The summed E-state index contributed by atoms with van der Waals surface area (Å²) in [7, 11) is 0. The van der Waals surface area contributed by atoms with Crippen molar-refractivity contribution in [3.05, 3.63) is 64.4 Å². The molecule has 0 saturated heterocycles. The molecule has 1 N–H and O–H groups in total. The quantitative estimate of drug-likeness (QED) is 0.692. The van der Waals surface area contributed by atoms with Crippen LogP contribution in [0.5, 0.6) is 0 Å². The Balaban J connectivity index is 2.38. The predicted octanol–water partition coefficient (Wildman–Crippen LogP) is 3.64. The number of rotatable bonds is 4. The van der Waals surface area contributed by atoms with Gasteiger partial charge in [-0.1, -0.05) is 34.6 Å². The van der Waals surface area contributed by atoms with Gasteiger partial charge in [0.05, 0.1) is 11.4 Å². The first-order chi connectivity index (χ1) is 8.61. The van der Waals surface area contributed by atoms with Gasteiger partial charge in [-0.2, -0.15) is 0 Å². The van der Waals surface area contributed by atoms with Crippen molar-refractivity contribution in [1.29, 1.82) is 0 Å². The van der Waals surface area contributed by atoms with Gasteiger partial charge in [0.25, 0.3) is 0 Å². The van der Waals surface area contributed by atoms with E-state index in [1.807, 2.05) is 24.3 Å². The smallest absolute Gasteiger partial charge is 0.166 e. The first kappa shape index (κ1) is 12.6. The molecule has 0 unspecified atom stereocenters. The molecule has 2 rings (SSSR count). The molecule has 0 aliphatic heterocycles. The van der Waals surface area contributed by atoms with Gasteiger partial charge in [-0.15, -0.1) is 0 Å². The minimum absolute atomic E-state index is 0.0415. The van der Waals surface area contributed by atoms with Crippen LogP contribution in [-0.2, 0) is 6.54 Å². The molecule has 1 aromatic carbocycles. The molecule has 0 fully saturated rings. The summed E-state index contributed by atoms with van der Waals surface area (Å²) >= 11 is 3.37. The van der Waals surface area contributed by atoms with E-state index in [0.717, 1.165) is 16.3 Å². The lowest BCUT2D eigenvalue weighted by Crippen LogP contribution is -2.07. The highest BCUT2D eigenvalue weighted by molar-refractivity contribution is 9.10. The molecule has 2 aromatic rings. The van der Waals surface area contributed by atoms with Crippen molar-refractivity contribution in [2.24, 2.45) is 0 Å². The Morgan fingerprint density at radius 3 is 2.50 bits per heavy atom.